The van der Waals surface area contributed by atoms with Crippen LogP contribution in [0, 0.1) is 13.8 Å². The van der Waals surface area contributed by atoms with Gasteiger partial charge in [0.1, 0.15) is 18.8 Å². The van der Waals surface area contributed by atoms with Crippen LogP contribution in [0.2, 0.25) is 6.82 Å². The van der Waals surface area contributed by atoms with Gasteiger partial charge < -0.3 is 28.6 Å². The smallest absolute Gasteiger partial charge is 0.256 e. The highest BCUT2D eigenvalue weighted by molar-refractivity contribution is 7.02. The first-order valence-corrected chi connectivity index (χ1v) is 35.0. The van der Waals surface area contributed by atoms with Crippen molar-refractivity contribution >= 4 is 128 Å². The molecule has 0 saturated carbocycles. The van der Waals surface area contributed by atoms with E-state index in [1.165, 1.54) is 33.0 Å². The highest BCUT2D eigenvalue weighted by Crippen LogP contribution is 2.50. The Morgan fingerprint density at radius 1 is 0.450 bits per heavy atom. The van der Waals surface area contributed by atoms with E-state index in [4.69, 9.17) is 4.74 Å². The Balaban J connectivity index is 1.10. The van der Waals surface area contributed by atoms with E-state index in [0.29, 0.717) is 0 Å². The number of anilines is 8. The van der Waals surface area contributed by atoms with Crippen LogP contribution in [-0.2, 0) is 0 Å². The number of hydrogen-bond acceptors (Lipinski definition) is 4. The van der Waals surface area contributed by atoms with E-state index in [1.807, 2.05) is 36.5 Å². The number of hydrogen-bond donors (Lipinski definition) is 0. The first-order chi connectivity index (χ1) is 49.1. The lowest BCUT2D eigenvalue weighted by molar-refractivity contribution is 0.487. The molecule has 0 amide bonds. The lowest BCUT2D eigenvalue weighted by Gasteiger charge is -2.45. The fourth-order valence-corrected chi connectivity index (χ4v) is 16.0. The first kappa shape index (κ1) is 65.6. The van der Waals surface area contributed by atoms with Gasteiger partial charge in [0.2, 0.25) is 0 Å². The monoisotopic (exact) mass is 1290 g/mol. The van der Waals surface area contributed by atoms with Gasteiger partial charge in [0.15, 0.2) is 0 Å². The van der Waals surface area contributed by atoms with Gasteiger partial charge in [-0.3, -0.25) is 0 Å². The first-order valence-electron chi connectivity index (χ1n) is 35.0. The van der Waals surface area contributed by atoms with E-state index in [1.54, 1.807) is 0 Å². The molecule has 100 heavy (non-hydrogen) atoms. The molecule has 6 heterocycles. The van der Waals surface area contributed by atoms with Crippen molar-refractivity contribution in [3.63, 3.8) is 0 Å². The maximum Gasteiger partial charge on any atom is 0.256 e. The molecule has 9 heteroatoms. The van der Waals surface area contributed by atoms with Crippen LogP contribution in [0.3, 0.4) is 0 Å². The van der Waals surface area contributed by atoms with Crippen LogP contribution in [-0.4, -0.2) is 29.8 Å². The van der Waals surface area contributed by atoms with Crippen molar-refractivity contribution in [2.24, 2.45) is 0 Å². The summed E-state index contributed by atoms with van der Waals surface area (Å²) in [6.45, 7) is 31.5. The highest BCUT2D eigenvalue weighted by atomic mass is 16.5. The Bertz CT molecular complexity index is 5250. The number of fused-ring (bicyclic) bond motifs is 8. The molecule has 10 aromatic rings. The molecule has 0 spiro atoms. The predicted octanol–water partition coefficient (Wildman–Crippen LogP) is 20.1. The number of ether oxygens (including phenoxy) is 1. The van der Waals surface area contributed by atoms with Gasteiger partial charge in [-0.25, -0.2) is 0 Å². The van der Waals surface area contributed by atoms with Crippen LogP contribution in [0.15, 0.2) is 305 Å². The zero-order valence-electron chi connectivity index (χ0n) is 58.8. The van der Waals surface area contributed by atoms with Gasteiger partial charge in [-0.05, 0) is 183 Å². The third kappa shape index (κ3) is 10.9. The van der Waals surface area contributed by atoms with Crippen molar-refractivity contribution in [3.05, 3.63) is 344 Å². The Morgan fingerprint density at radius 3 is 1.61 bits per heavy atom. The summed E-state index contributed by atoms with van der Waals surface area (Å²) in [6, 6.07) is 65.5. The number of allylic oxidation sites excluding steroid dienone is 19. The van der Waals surface area contributed by atoms with Gasteiger partial charge in [0.05, 0.1) is 17.1 Å². The van der Waals surface area contributed by atoms with Crippen LogP contribution < -0.4 is 52.2 Å². The summed E-state index contributed by atoms with van der Waals surface area (Å²) in [4.78, 5) is 7.50. The topological polar surface area (TPSA) is 28.8 Å². The third-order valence-electron chi connectivity index (χ3n) is 19.9. The van der Waals surface area contributed by atoms with Gasteiger partial charge in [0.25, 0.3) is 13.4 Å². The quantitative estimate of drug-likeness (QED) is 0.0596. The molecule has 4 aliphatic heterocycles. The number of benzene rings is 8. The summed E-state index contributed by atoms with van der Waals surface area (Å²) in [7, 11) is 0.810. The molecular formula is C91H82B3N5O. The fraction of sp³-hybridized carbons (Fsp3) is 0.0989. The van der Waals surface area contributed by atoms with Gasteiger partial charge in [-0.1, -0.05) is 239 Å². The molecule has 0 radical (unpaired) electrons. The van der Waals surface area contributed by atoms with Crippen LogP contribution in [0.1, 0.15) is 81.0 Å². The second kappa shape index (κ2) is 28.1. The molecule has 0 bridgehead atoms. The van der Waals surface area contributed by atoms with E-state index in [-0.39, 0.29) is 13.4 Å². The molecule has 0 unspecified atom stereocenters. The minimum Gasteiger partial charge on any atom is -0.458 e. The van der Waals surface area contributed by atoms with Gasteiger partial charge in [0, 0.05) is 97.1 Å². The maximum atomic E-state index is 7.93. The summed E-state index contributed by atoms with van der Waals surface area (Å²) in [5, 5.41) is 0. The number of para-hydroxylation sites is 4. The summed E-state index contributed by atoms with van der Waals surface area (Å²) < 4.78 is 12.9. The zero-order chi connectivity index (χ0) is 69.3. The Hall–Kier alpha value is -11.7. The zero-order valence-corrected chi connectivity index (χ0v) is 58.8. The van der Waals surface area contributed by atoms with Gasteiger partial charge in [-0.15, -0.1) is 0 Å². The van der Waals surface area contributed by atoms with Crippen molar-refractivity contribution in [1.29, 1.82) is 0 Å². The summed E-state index contributed by atoms with van der Waals surface area (Å²) in [5.41, 5.74) is 32.2. The van der Waals surface area contributed by atoms with Gasteiger partial charge >= 0.3 is 0 Å². The van der Waals surface area contributed by atoms with Crippen molar-refractivity contribution in [3.8, 4) is 34.0 Å². The molecule has 0 atom stereocenters. The Morgan fingerprint density at radius 2 is 1.00 bits per heavy atom. The Labute approximate surface area is 593 Å². The van der Waals surface area contributed by atoms with E-state index in [0.717, 1.165) is 148 Å². The van der Waals surface area contributed by atoms with Crippen LogP contribution in [0.5, 0.6) is 11.5 Å². The van der Waals surface area contributed by atoms with Crippen molar-refractivity contribution in [2.75, 3.05) is 14.7 Å². The second-order valence-electron chi connectivity index (χ2n) is 25.5. The van der Waals surface area contributed by atoms with E-state index < -0.39 is 0 Å². The molecule has 6 nitrogen and oxygen atoms in total. The lowest BCUT2D eigenvalue weighted by Crippen LogP contribution is -2.64. The molecule has 0 fully saturated rings. The molecule has 0 N–H and O–H groups in total. The average Bonchev–Trinajstić information content (AvgIpc) is 0.743. The predicted molar refractivity (Wildman–Crippen MR) is 438 cm³/mol. The van der Waals surface area contributed by atoms with Crippen LogP contribution >= 0.6 is 0 Å². The van der Waals surface area contributed by atoms with Crippen LogP contribution in [0.4, 0.5) is 45.5 Å². The molecule has 8 aromatic carbocycles. The van der Waals surface area contributed by atoms with Crippen LogP contribution in [0.25, 0.3) is 51.4 Å². The minimum atomic E-state index is -0.243. The van der Waals surface area contributed by atoms with E-state index >= 15 is 0 Å². The fourth-order valence-electron chi connectivity index (χ4n) is 16.0. The minimum absolute atomic E-state index is 0.206. The van der Waals surface area contributed by atoms with Crippen molar-refractivity contribution in [2.45, 2.75) is 62.2 Å². The largest absolute Gasteiger partial charge is 0.458 e. The summed E-state index contributed by atoms with van der Waals surface area (Å²) >= 11 is 0. The molecule has 0 aliphatic carbocycles. The molecule has 14 rings (SSSR count). The van der Waals surface area contributed by atoms with Gasteiger partial charge in [-0.2, -0.15) is 0 Å². The SMILES string of the molecule is C=C/C=C\C(=C/C)c1c(C)c(/C=C\C=C)n(-c2cc3c4c(c2)N(C(/C=C\C=C)=C/BC)c2ccccc2B4c2cc4c(cc2O3)N(c2ccccc2)c2cc(-n3c(C)c(/C=C\C)c(-c5ccccc5)c3C(/C=C\C)=C/C)cc3c2B4c2ccccc2N3c2ccccc2)c1C(/C=C\C)=C/C. The molecular weight excluding hydrogens is 1210 g/mol. The number of rotatable bonds is 19. The standard InChI is InChI=1S/C91H82B3N5O/c1-13-22-41-63(19-7)86-61(10)77(51-24-15-3)99(90(86)64(20-8)38-16-4)71-56-83-89-85(57-71)100-84-59-80-75(58-76(84)94(89)74-50-35-37-53-79(74)98(83)69(60-92-12)44-23-14-2)93-73-49-34-36-52-78(73)96(67-45-30-26-31-46-67)81-54-70(55-82(88(81)93)97(80)68-47-32-27-33-48-68)95-62(11)72(40-18-6)87(66-42-28-25-29-43-66)91(95)65(21-9)39-17-5/h13-60,92H,1-3H2,4-12H3/b38-16-,39-17-,40-18-,41-22-,44-23-,51-24-,63-19+,64-20+,65-21+,69-60+. The van der Waals surface area contributed by atoms with E-state index in [2.05, 4.69) is 361 Å². The lowest BCUT2D eigenvalue weighted by atomic mass is 9.30. The average molecular weight is 1290 g/mol. The Kier molecular flexibility index (Phi) is 18.4. The summed E-state index contributed by atoms with van der Waals surface area (Å²) in [5.74, 6) is 3.91. The maximum absolute atomic E-state index is 7.93. The molecule has 2 aromatic heterocycles. The second-order valence-corrected chi connectivity index (χ2v) is 25.5. The number of nitrogens with zero attached hydrogens (tertiary/aromatic N) is 5. The van der Waals surface area contributed by atoms with Crippen molar-refractivity contribution < 1.29 is 4.74 Å². The third-order valence-corrected chi connectivity index (χ3v) is 19.9. The normalized spacial score (nSPS) is 14.2. The molecule has 4 aliphatic rings. The van der Waals surface area contributed by atoms with Crippen molar-refractivity contribution in [1.82, 2.24) is 9.13 Å². The highest BCUT2D eigenvalue weighted by Gasteiger charge is 2.48. The summed E-state index contributed by atoms with van der Waals surface area (Å²) in [6.07, 6.45) is 38.1. The molecule has 486 valence electrons. The van der Waals surface area contributed by atoms with E-state index in [9.17, 15) is 0 Å². The number of aromatic nitrogens is 2. The molecule has 0 saturated heterocycles.